The van der Waals surface area contributed by atoms with Crippen molar-refractivity contribution in [2.24, 2.45) is 0 Å². The molecule has 0 spiro atoms. The summed E-state index contributed by atoms with van der Waals surface area (Å²) in [4.78, 5) is -0.305. The van der Waals surface area contributed by atoms with Crippen LogP contribution in [0.3, 0.4) is 0 Å². The standard InChI is InChI=1S/C21H20O4S2/c1-16(2)17-12-14-19(15-13-17)27(24,25)21-11-7-6-10-20(21)26(22,23)18-8-4-3-5-9-18/h3-16H,1-2H3. The van der Waals surface area contributed by atoms with Gasteiger partial charge in [-0.2, -0.15) is 0 Å². The first-order chi connectivity index (χ1) is 12.7. The van der Waals surface area contributed by atoms with Crippen molar-refractivity contribution >= 4 is 19.7 Å². The van der Waals surface area contributed by atoms with Gasteiger partial charge in [0.2, 0.25) is 19.7 Å². The van der Waals surface area contributed by atoms with Crippen molar-refractivity contribution in [3.05, 3.63) is 84.4 Å². The Balaban J connectivity index is 2.16. The third kappa shape index (κ3) is 3.68. The lowest BCUT2D eigenvalue weighted by Crippen LogP contribution is -2.11. The monoisotopic (exact) mass is 400 g/mol. The second kappa shape index (κ2) is 7.29. The van der Waals surface area contributed by atoms with Crippen LogP contribution in [0.15, 0.2) is 98.4 Å². The summed E-state index contributed by atoms with van der Waals surface area (Å²) in [5.41, 5.74) is 1.01. The van der Waals surface area contributed by atoms with Crippen LogP contribution in [0.25, 0.3) is 0 Å². The van der Waals surface area contributed by atoms with Crippen LogP contribution in [0.2, 0.25) is 0 Å². The minimum Gasteiger partial charge on any atom is -0.218 e. The molecular formula is C21H20O4S2. The summed E-state index contributed by atoms with van der Waals surface area (Å²) in [7, 11) is -7.94. The molecule has 6 heteroatoms. The van der Waals surface area contributed by atoms with Crippen molar-refractivity contribution in [2.45, 2.75) is 39.3 Å². The number of hydrogen-bond acceptors (Lipinski definition) is 4. The molecule has 0 atom stereocenters. The van der Waals surface area contributed by atoms with Crippen LogP contribution >= 0.6 is 0 Å². The van der Waals surface area contributed by atoms with Crippen LogP contribution in [0, 0.1) is 0 Å². The summed E-state index contributed by atoms with van der Waals surface area (Å²) in [6.45, 7) is 4.04. The molecule has 3 aromatic rings. The van der Waals surface area contributed by atoms with E-state index in [-0.39, 0.29) is 25.5 Å². The Labute approximate surface area is 160 Å². The van der Waals surface area contributed by atoms with Crippen LogP contribution < -0.4 is 0 Å². The number of hydrogen-bond donors (Lipinski definition) is 0. The minimum atomic E-state index is -3.98. The molecule has 0 bridgehead atoms. The van der Waals surface area contributed by atoms with Crippen molar-refractivity contribution < 1.29 is 16.8 Å². The van der Waals surface area contributed by atoms with Crippen molar-refractivity contribution in [3.8, 4) is 0 Å². The predicted molar refractivity (Wildman–Crippen MR) is 104 cm³/mol. The van der Waals surface area contributed by atoms with E-state index in [4.69, 9.17) is 0 Å². The van der Waals surface area contributed by atoms with Gasteiger partial charge in [-0.15, -0.1) is 0 Å². The maximum Gasteiger partial charge on any atom is 0.207 e. The average Bonchev–Trinajstić information content (AvgIpc) is 2.68. The third-order valence-corrected chi connectivity index (χ3v) is 8.12. The van der Waals surface area contributed by atoms with E-state index in [0.717, 1.165) is 5.56 Å². The van der Waals surface area contributed by atoms with E-state index in [1.165, 1.54) is 48.5 Å². The third-order valence-electron chi connectivity index (χ3n) is 4.34. The van der Waals surface area contributed by atoms with Gasteiger partial charge in [-0.3, -0.25) is 0 Å². The van der Waals surface area contributed by atoms with Gasteiger partial charge in [-0.1, -0.05) is 56.3 Å². The predicted octanol–water partition coefficient (Wildman–Crippen LogP) is 4.48. The van der Waals surface area contributed by atoms with Crippen LogP contribution in [-0.2, 0) is 19.7 Å². The quantitative estimate of drug-likeness (QED) is 0.633. The Morgan fingerprint density at radius 1 is 0.556 bits per heavy atom. The Bertz CT molecular complexity index is 1150. The molecule has 0 amide bonds. The van der Waals surface area contributed by atoms with E-state index < -0.39 is 19.7 Å². The van der Waals surface area contributed by atoms with E-state index in [9.17, 15) is 16.8 Å². The first-order valence-electron chi connectivity index (χ1n) is 8.49. The molecular weight excluding hydrogens is 380 g/mol. The minimum absolute atomic E-state index is 0.0582. The summed E-state index contributed by atoms with van der Waals surface area (Å²) in [5, 5.41) is 0. The Morgan fingerprint density at radius 3 is 1.41 bits per heavy atom. The highest BCUT2D eigenvalue weighted by atomic mass is 32.2. The zero-order chi connectivity index (χ0) is 19.7. The smallest absolute Gasteiger partial charge is 0.207 e. The Hall–Kier alpha value is -2.44. The lowest BCUT2D eigenvalue weighted by Gasteiger charge is -2.12. The average molecular weight is 401 g/mol. The fourth-order valence-electron chi connectivity index (χ4n) is 2.78. The lowest BCUT2D eigenvalue weighted by atomic mass is 10.0. The molecule has 0 aromatic heterocycles. The van der Waals surface area contributed by atoms with Crippen LogP contribution in [0.1, 0.15) is 25.3 Å². The topological polar surface area (TPSA) is 68.3 Å². The molecule has 0 saturated heterocycles. The van der Waals surface area contributed by atoms with Gasteiger partial charge in [0.25, 0.3) is 0 Å². The molecule has 3 rings (SSSR count). The van der Waals surface area contributed by atoms with Gasteiger partial charge in [-0.05, 0) is 47.9 Å². The summed E-state index contributed by atoms with van der Waals surface area (Å²) in [6.07, 6.45) is 0. The van der Waals surface area contributed by atoms with Crippen molar-refractivity contribution in [1.29, 1.82) is 0 Å². The zero-order valence-electron chi connectivity index (χ0n) is 15.0. The molecule has 3 aromatic carbocycles. The highest BCUT2D eigenvalue weighted by Crippen LogP contribution is 2.31. The largest absolute Gasteiger partial charge is 0.218 e. The van der Waals surface area contributed by atoms with E-state index in [1.54, 1.807) is 30.3 Å². The van der Waals surface area contributed by atoms with Crippen molar-refractivity contribution in [2.75, 3.05) is 0 Å². The van der Waals surface area contributed by atoms with Crippen molar-refractivity contribution in [1.82, 2.24) is 0 Å². The molecule has 0 aliphatic rings. The van der Waals surface area contributed by atoms with Crippen molar-refractivity contribution in [3.63, 3.8) is 0 Å². The molecule has 140 valence electrons. The molecule has 0 saturated carbocycles. The van der Waals surface area contributed by atoms with Gasteiger partial charge in [-0.25, -0.2) is 16.8 Å². The zero-order valence-corrected chi connectivity index (χ0v) is 16.7. The van der Waals surface area contributed by atoms with E-state index >= 15 is 0 Å². The molecule has 0 heterocycles. The molecule has 0 aliphatic heterocycles. The van der Waals surface area contributed by atoms with Gasteiger partial charge in [0.05, 0.1) is 19.6 Å². The molecule has 4 nitrogen and oxygen atoms in total. The van der Waals surface area contributed by atoms with E-state index in [0.29, 0.717) is 0 Å². The fraction of sp³-hybridized carbons (Fsp3) is 0.143. The maximum atomic E-state index is 13.1. The van der Waals surface area contributed by atoms with Crippen LogP contribution in [-0.4, -0.2) is 16.8 Å². The van der Waals surface area contributed by atoms with Crippen LogP contribution in [0.4, 0.5) is 0 Å². The fourth-order valence-corrected chi connectivity index (χ4v) is 6.14. The van der Waals surface area contributed by atoms with E-state index in [1.807, 2.05) is 13.8 Å². The summed E-state index contributed by atoms with van der Waals surface area (Å²) >= 11 is 0. The van der Waals surface area contributed by atoms with E-state index in [2.05, 4.69) is 0 Å². The molecule has 27 heavy (non-hydrogen) atoms. The Kier molecular flexibility index (Phi) is 5.22. The number of benzene rings is 3. The van der Waals surface area contributed by atoms with Gasteiger partial charge in [0.15, 0.2) is 0 Å². The highest BCUT2D eigenvalue weighted by Gasteiger charge is 2.28. The second-order valence-corrected chi connectivity index (χ2v) is 10.3. The van der Waals surface area contributed by atoms with Crippen LogP contribution in [0.5, 0.6) is 0 Å². The number of rotatable bonds is 5. The van der Waals surface area contributed by atoms with Gasteiger partial charge < -0.3 is 0 Å². The molecule has 0 radical (unpaired) electrons. The highest BCUT2D eigenvalue weighted by molar-refractivity contribution is 7.94. The summed E-state index contributed by atoms with van der Waals surface area (Å²) in [5.74, 6) is 0.271. The lowest BCUT2D eigenvalue weighted by molar-refractivity contribution is 0.582. The first-order valence-corrected chi connectivity index (χ1v) is 11.5. The summed E-state index contributed by atoms with van der Waals surface area (Å²) < 4.78 is 52.3. The maximum absolute atomic E-state index is 13.1. The molecule has 0 N–H and O–H groups in total. The van der Waals surface area contributed by atoms with Gasteiger partial charge in [0, 0.05) is 0 Å². The van der Waals surface area contributed by atoms with Gasteiger partial charge >= 0.3 is 0 Å². The molecule has 0 fully saturated rings. The first kappa shape index (κ1) is 19.3. The molecule has 0 unspecified atom stereocenters. The normalized spacial score (nSPS) is 12.3. The summed E-state index contributed by atoms with van der Waals surface area (Å²) in [6, 6.07) is 20.1. The molecule has 0 aliphatic carbocycles. The number of sulfone groups is 2. The second-order valence-electron chi connectivity index (χ2n) is 6.49. The SMILES string of the molecule is CC(C)c1ccc(S(=O)(=O)c2ccccc2S(=O)(=O)c2ccccc2)cc1. The van der Waals surface area contributed by atoms with Gasteiger partial charge in [0.1, 0.15) is 0 Å². The Morgan fingerprint density at radius 2 is 0.963 bits per heavy atom.